The molecule has 5 heteroatoms. The van der Waals surface area contributed by atoms with Crippen molar-refractivity contribution in [2.24, 2.45) is 0 Å². The number of nitrogens with zero attached hydrogens (tertiary/aromatic N) is 2. The summed E-state index contributed by atoms with van der Waals surface area (Å²) in [5.74, 6) is 0.381. The number of aldehydes is 1. The number of aromatic nitrogens is 1. The molecular formula is C14H15N3O2. The summed E-state index contributed by atoms with van der Waals surface area (Å²) in [6.45, 7) is 0.155. The van der Waals surface area contributed by atoms with Crippen LogP contribution in [-0.4, -0.2) is 37.8 Å². The SMILES string of the molecule is CNC(=O)CN(C)c1nc2ccccc2cc1C=O. The number of pyridine rings is 1. The fourth-order valence-corrected chi connectivity index (χ4v) is 1.88. The van der Waals surface area contributed by atoms with Gasteiger partial charge in [-0.15, -0.1) is 0 Å². The third kappa shape index (κ3) is 2.70. The minimum atomic E-state index is -0.130. The maximum Gasteiger partial charge on any atom is 0.239 e. The first kappa shape index (κ1) is 13.0. The number of hydrogen-bond donors (Lipinski definition) is 1. The fraction of sp³-hybridized carbons (Fsp3) is 0.214. The number of carbonyl (C=O) groups excluding carboxylic acids is 2. The van der Waals surface area contributed by atoms with Gasteiger partial charge in [-0.05, 0) is 12.1 Å². The molecule has 1 aromatic heterocycles. The molecule has 2 aromatic rings. The van der Waals surface area contributed by atoms with E-state index in [9.17, 15) is 9.59 Å². The van der Waals surface area contributed by atoms with Crippen molar-refractivity contribution in [2.75, 3.05) is 25.5 Å². The van der Waals surface area contributed by atoms with E-state index in [4.69, 9.17) is 0 Å². The molecule has 1 N–H and O–H groups in total. The van der Waals surface area contributed by atoms with Gasteiger partial charge in [-0.25, -0.2) is 4.98 Å². The van der Waals surface area contributed by atoms with E-state index in [0.29, 0.717) is 11.4 Å². The molecule has 0 spiro atoms. The van der Waals surface area contributed by atoms with Crippen LogP contribution in [0.1, 0.15) is 10.4 Å². The minimum Gasteiger partial charge on any atom is -0.358 e. The highest BCUT2D eigenvalue weighted by atomic mass is 16.2. The van der Waals surface area contributed by atoms with Crippen LogP contribution in [0.5, 0.6) is 0 Å². The zero-order valence-electron chi connectivity index (χ0n) is 10.9. The number of anilines is 1. The summed E-state index contributed by atoms with van der Waals surface area (Å²) in [5.41, 5.74) is 1.27. The highest BCUT2D eigenvalue weighted by Crippen LogP contribution is 2.21. The molecule has 1 aromatic carbocycles. The standard InChI is InChI=1S/C14H15N3O2/c1-15-13(19)8-17(2)14-11(9-18)7-10-5-3-4-6-12(10)16-14/h3-7,9H,8H2,1-2H3,(H,15,19). The molecule has 19 heavy (non-hydrogen) atoms. The molecule has 1 amide bonds. The summed E-state index contributed by atoms with van der Waals surface area (Å²) < 4.78 is 0. The molecule has 5 nitrogen and oxygen atoms in total. The second kappa shape index (κ2) is 5.48. The molecule has 0 saturated carbocycles. The lowest BCUT2D eigenvalue weighted by molar-refractivity contribution is -0.119. The van der Waals surface area contributed by atoms with Crippen LogP contribution in [0.2, 0.25) is 0 Å². The summed E-state index contributed by atoms with van der Waals surface area (Å²) in [5, 5.41) is 3.45. The Bertz CT molecular complexity index is 625. The van der Waals surface area contributed by atoms with Crippen molar-refractivity contribution in [1.82, 2.24) is 10.3 Å². The largest absolute Gasteiger partial charge is 0.358 e. The third-order valence-electron chi connectivity index (χ3n) is 2.88. The summed E-state index contributed by atoms with van der Waals surface area (Å²) in [4.78, 5) is 28.7. The van der Waals surface area contributed by atoms with Crippen LogP contribution in [-0.2, 0) is 4.79 Å². The Morgan fingerprint density at radius 3 is 2.84 bits per heavy atom. The molecule has 0 aliphatic heterocycles. The molecule has 0 fully saturated rings. The maximum atomic E-state index is 11.4. The van der Waals surface area contributed by atoms with Gasteiger partial charge < -0.3 is 10.2 Å². The van der Waals surface area contributed by atoms with Gasteiger partial charge in [0, 0.05) is 19.5 Å². The van der Waals surface area contributed by atoms with E-state index in [2.05, 4.69) is 10.3 Å². The number of hydrogen-bond acceptors (Lipinski definition) is 4. The van der Waals surface area contributed by atoms with Crippen LogP contribution in [0.4, 0.5) is 5.82 Å². The van der Waals surface area contributed by atoms with Crippen LogP contribution in [0, 0.1) is 0 Å². The Balaban J connectivity index is 2.45. The first-order valence-electron chi connectivity index (χ1n) is 5.92. The Hall–Kier alpha value is -2.43. The van der Waals surface area contributed by atoms with Crippen LogP contribution >= 0.6 is 0 Å². The Morgan fingerprint density at radius 1 is 1.42 bits per heavy atom. The van der Waals surface area contributed by atoms with E-state index >= 15 is 0 Å². The highest BCUT2D eigenvalue weighted by Gasteiger charge is 2.13. The minimum absolute atomic E-state index is 0.130. The highest BCUT2D eigenvalue weighted by molar-refractivity contribution is 5.92. The Morgan fingerprint density at radius 2 is 2.16 bits per heavy atom. The molecule has 1 heterocycles. The van der Waals surface area contributed by atoms with Gasteiger partial charge in [0.2, 0.25) is 5.91 Å². The molecule has 2 rings (SSSR count). The summed E-state index contributed by atoms with van der Waals surface area (Å²) in [7, 11) is 3.31. The van der Waals surface area contributed by atoms with E-state index in [0.717, 1.165) is 17.2 Å². The number of likely N-dealkylation sites (N-methyl/N-ethyl adjacent to an activating group) is 2. The molecule has 0 aliphatic rings. The molecule has 0 atom stereocenters. The Kier molecular flexibility index (Phi) is 3.75. The number of nitrogens with one attached hydrogen (secondary N) is 1. The fourth-order valence-electron chi connectivity index (χ4n) is 1.88. The number of para-hydroxylation sites is 1. The average Bonchev–Trinajstić information content (AvgIpc) is 2.45. The summed E-state index contributed by atoms with van der Waals surface area (Å²) in [6.07, 6.45) is 0.759. The monoisotopic (exact) mass is 257 g/mol. The smallest absolute Gasteiger partial charge is 0.239 e. The van der Waals surface area contributed by atoms with Crippen molar-refractivity contribution in [3.63, 3.8) is 0 Å². The van der Waals surface area contributed by atoms with Gasteiger partial charge in [-0.2, -0.15) is 0 Å². The van der Waals surface area contributed by atoms with Gasteiger partial charge in [-0.3, -0.25) is 9.59 Å². The number of amides is 1. The molecule has 0 unspecified atom stereocenters. The summed E-state index contributed by atoms with van der Waals surface area (Å²) >= 11 is 0. The van der Waals surface area contributed by atoms with Crippen LogP contribution in [0.3, 0.4) is 0 Å². The summed E-state index contributed by atoms with van der Waals surface area (Å²) in [6, 6.07) is 9.34. The van der Waals surface area contributed by atoms with Crippen molar-refractivity contribution in [3.05, 3.63) is 35.9 Å². The lowest BCUT2D eigenvalue weighted by Gasteiger charge is -2.19. The van der Waals surface area contributed by atoms with Gasteiger partial charge in [0.25, 0.3) is 0 Å². The van der Waals surface area contributed by atoms with Crippen molar-refractivity contribution in [1.29, 1.82) is 0 Å². The van der Waals surface area contributed by atoms with Crippen molar-refractivity contribution in [2.45, 2.75) is 0 Å². The van der Waals surface area contributed by atoms with Crippen LogP contribution in [0.15, 0.2) is 30.3 Å². The van der Waals surface area contributed by atoms with E-state index < -0.39 is 0 Å². The molecule has 0 saturated heterocycles. The van der Waals surface area contributed by atoms with Gasteiger partial charge in [-0.1, -0.05) is 18.2 Å². The lowest BCUT2D eigenvalue weighted by Crippen LogP contribution is -2.33. The number of rotatable bonds is 4. The average molecular weight is 257 g/mol. The van der Waals surface area contributed by atoms with E-state index in [1.807, 2.05) is 24.3 Å². The number of benzene rings is 1. The van der Waals surface area contributed by atoms with Gasteiger partial charge in [0.1, 0.15) is 5.82 Å². The van der Waals surface area contributed by atoms with Crippen molar-refractivity contribution >= 4 is 28.9 Å². The first-order chi connectivity index (χ1) is 9.15. The second-order valence-electron chi connectivity index (χ2n) is 4.24. The molecular weight excluding hydrogens is 242 g/mol. The van der Waals surface area contributed by atoms with Gasteiger partial charge in [0.15, 0.2) is 6.29 Å². The third-order valence-corrected chi connectivity index (χ3v) is 2.88. The quantitative estimate of drug-likeness (QED) is 0.837. The van der Waals surface area contributed by atoms with Gasteiger partial charge >= 0.3 is 0 Å². The maximum absolute atomic E-state index is 11.4. The van der Waals surface area contributed by atoms with E-state index in [-0.39, 0.29) is 12.5 Å². The van der Waals surface area contributed by atoms with Gasteiger partial charge in [0.05, 0.1) is 17.6 Å². The van der Waals surface area contributed by atoms with Crippen LogP contribution in [0.25, 0.3) is 10.9 Å². The number of carbonyl (C=O) groups is 2. The Labute approximate surface area is 111 Å². The van der Waals surface area contributed by atoms with Crippen LogP contribution < -0.4 is 10.2 Å². The van der Waals surface area contributed by atoms with E-state index in [1.54, 1.807) is 25.1 Å². The van der Waals surface area contributed by atoms with E-state index in [1.165, 1.54) is 0 Å². The lowest BCUT2D eigenvalue weighted by atomic mass is 10.1. The zero-order chi connectivity index (χ0) is 13.8. The second-order valence-corrected chi connectivity index (χ2v) is 4.24. The molecule has 0 radical (unpaired) electrons. The zero-order valence-corrected chi connectivity index (χ0v) is 10.9. The van der Waals surface area contributed by atoms with Crippen molar-refractivity contribution in [3.8, 4) is 0 Å². The normalized spacial score (nSPS) is 10.2. The van der Waals surface area contributed by atoms with Crippen molar-refractivity contribution < 1.29 is 9.59 Å². The molecule has 98 valence electrons. The predicted molar refractivity (Wildman–Crippen MR) is 74.5 cm³/mol. The predicted octanol–water partition coefficient (Wildman–Crippen LogP) is 1.23. The number of fused-ring (bicyclic) bond motifs is 1. The first-order valence-corrected chi connectivity index (χ1v) is 5.92. The molecule has 0 bridgehead atoms. The molecule has 0 aliphatic carbocycles. The topological polar surface area (TPSA) is 62.3 Å².